The molecule has 1 N–H and O–H groups in total. The third-order valence-corrected chi connectivity index (χ3v) is 5.47. The van der Waals surface area contributed by atoms with E-state index in [9.17, 15) is 0 Å². The Morgan fingerprint density at radius 2 is 2.13 bits per heavy atom. The number of imidazole rings is 1. The van der Waals surface area contributed by atoms with Gasteiger partial charge in [-0.15, -0.1) is 0 Å². The number of para-hydroxylation sites is 1. The monoisotopic (exact) mass is 420 g/mol. The van der Waals surface area contributed by atoms with Crippen molar-refractivity contribution in [2.75, 3.05) is 25.2 Å². The lowest BCUT2D eigenvalue weighted by Crippen LogP contribution is -2.43. The number of H-pyrrole nitrogens is 1. The average Bonchev–Trinajstić information content (AvgIpc) is 3.17. The number of nitrogens with zero attached hydrogens (tertiary/aromatic N) is 3. The molecule has 0 fully saturated rings. The van der Waals surface area contributed by atoms with Crippen LogP contribution in [0.4, 0.5) is 11.5 Å². The van der Waals surface area contributed by atoms with Crippen molar-refractivity contribution in [2.24, 2.45) is 0 Å². The highest BCUT2D eigenvalue weighted by Gasteiger charge is 2.32. The Bertz CT molecular complexity index is 1210. The van der Waals surface area contributed by atoms with Crippen LogP contribution in [0.3, 0.4) is 0 Å². The number of anilines is 2. The van der Waals surface area contributed by atoms with E-state index in [1.165, 1.54) is 0 Å². The van der Waals surface area contributed by atoms with Crippen LogP contribution in [0, 0.1) is 6.92 Å². The lowest BCUT2D eigenvalue weighted by Gasteiger charge is -2.38. The number of rotatable bonds is 4. The predicted octanol–water partition coefficient (Wildman–Crippen LogP) is 5.13. The summed E-state index contributed by atoms with van der Waals surface area (Å²) in [7, 11) is 1.70. The maximum absolute atomic E-state index is 6.23. The highest BCUT2D eigenvalue weighted by atomic mass is 35.5. The van der Waals surface area contributed by atoms with Crippen LogP contribution in [0.15, 0.2) is 54.7 Å². The van der Waals surface area contributed by atoms with Gasteiger partial charge in [0.15, 0.2) is 5.75 Å². The van der Waals surface area contributed by atoms with Crippen LogP contribution in [0.1, 0.15) is 5.56 Å². The van der Waals surface area contributed by atoms with Crippen LogP contribution in [-0.4, -0.2) is 41.3 Å². The molecule has 0 bridgehead atoms. The minimum absolute atomic E-state index is 0.0161. The second kappa shape index (κ2) is 7.63. The third-order valence-electron chi connectivity index (χ3n) is 5.24. The number of pyridine rings is 1. The van der Waals surface area contributed by atoms with Crippen molar-refractivity contribution in [1.29, 1.82) is 0 Å². The molecule has 0 radical (unpaired) electrons. The summed E-state index contributed by atoms with van der Waals surface area (Å²) in [5, 5.41) is 0.670. The van der Waals surface area contributed by atoms with Gasteiger partial charge in [0, 0.05) is 18.3 Å². The number of nitrogens with one attached hydrogen (secondary N) is 1. The molecule has 1 unspecified atom stereocenters. The first kappa shape index (κ1) is 18.9. The van der Waals surface area contributed by atoms with Crippen LogP contribution in [0.5, 0.6) is 5.75 Å². The predicted molar refractivity (Wildman–Crippen MR) is 119 cm³/mol. The molecule has 30 heavy (non-hydrogen) atoms. The van der Waals surface area contributed by atoms with Gasteiger partial charge in [0.1, 0.15) is 18.2 Å². The standard InChI is InChI=1S/C23H21ClN4O2/c1-14-6-9-21(25-11-14)28-16(12-29-2)13-30-22-17(4-3-5-20(22)28)23-26-18-8-7-15(24)10-19(18)27-23/h3-11,16H,12-13H2,1-2H3,(H,26,27). The van der Waals surface area contributed by atoms with Crippen LogP contribution < -0.4 is 9.64 Å². The Morgan fingerprint density at radius 3 is 2.93 bits per heavy atom. The molecule has 6 nitrogen and oxygen atoms in total. The summed E-state index contributed by atoms with van der Waals surface area (Å²) in [4.78, 5) is 15.0. The van der Waals surface area contributed by atoms with Gasteiger partial charge in [0.2, 0.25) is 0 Å². The zero-order valence-corrected chi connectivity index (χ0v) is 17.5. The molecule has 0 saturated heterocycles. The molecule has 2 aromatic carbocycles. The van der Waals surface area contributed by atoms with Crippen LogP contribution in [0.2, 0.25) is 5.02 Å². The Morgan fingerprint density at radius 1 is 1.23 bits per heavy atom. The van der Waals surface area contributed by atoms with Gasteiger partial charge >= 0.3 is 0 Å². The number of methoxy groups -OCH3 is 1. The molecule has 152 valence electrons. The van der Waals surface area contributed by atoms with Crippen LogP contribution in [-0.2, 0) is 4.74 Å². The molecular formula is C23H21ClN4O2. The van der Waals surface area contributed by atoms with E-state index in [-0.39, 0.29) is 6.04 Å². The lowest BCUT2D eigenvalue weighted by molar-refractivity contribution is 0.146. The summed E-state index contributed by atoms with van der Waals surface area (Å²) in [6.45, 7) is 3.05. The fourth-order valence-corrected chi connectivity index (χ4v) is 4.01. The van der Waals surface area contributed by atoms with Gasteiger partial charge in [-0.2, -0.15) is 0 Å². The van der Waals surface area contributed by atoms with Crippen molar-refractivity contribution in [3.63, 3.8) is 0 Å². The SMILES string of the molecule is COCC1COc2c(-c3nc4ccc(Cl)cc4[nH]3)cccc2N1c1ccc(C)cn1. The van der Waals surface area contributed by atoms with Crippen LogP contribution >= 0.6 is 11.6 Å². The second-order valence-electron chi connectivity index (χ2n) is 7.38. The summed E-state index contributed by atoms with van der Waals surface area (Å²) in [6, 6.07) is 15.8. The number of fused-ring (bicyclic) bond motifs is 2. The van der Waals surface area contributed by atoms with E-state index in [0.29, 0.717) is 18.2 Å². The molecule has 1 atom stereocenters. The molecule has 0 saturated carbocycles. The van der Waals surface area contributed by atoms with E-state index in [1.54, 1.807) is 7.11 Å². The zero-order chi connectivity index (χ0) is 20.7. The van der Waals surface area contributed by atoms with E-state index in [0.717, 1.165) is 45.2 Å². The fraction of sp³-hybridized carbons (Fsp3) is 0.217. The molecule has 1 aliphatic heterocycles. The number of aryl methyl sites for hydroxylation is 1. The van der Waals surface area contributed by atoms with Crippen molar-refractivity contribution < 1.29 is 9.47 Å². The number of aromatic amines is 1. The van der Waals surface area contributed by atoms with Crippen molar-refractivity contribution in [2.45, 2.75) is 13.0 Å². The molecule has 0 spiro atoms. The smallest absolute Gasteiger partial charge is 0.154 e. The first-order chi connectivity index (χ1) is 14.6. The van der Waals surface area contributed by atoms with Crippen molar-refractivity contribution in [3.8, 4) is 17.1 Å². The first-order valence-corrected chi connectivity index (χ1v) is 10.1. The highest BCUT2D eigenvalue weighted by Crippen LogP contribution is 2.44. The van der Waals surface area contributed by atoms with Crippen molar-refractivity contribution in [1.82, 2.24) is 15.0 Å². The molecule has 1 aliphatic rings. The molecule has 3 heterocycles. The van der Waals surface area contributed by atoms with Gasteiger partial charge in [0.25, 0.3) is 0 Å². The Hall–Kier alpha value is -3.09. The number of aromatic nitrogens is 3. The van der Waals surface area contributed by atoms with Gasteiger partial charge in [0.05, 0.1) is 34.9 Å². The molecular weight excluding hydrogens is 400 g/mol. The number of hydrogen-bond acceptors (Lipinski definition) is 5. The maximum atomic E-state index is 6.23. The quantitative estimate of drug-likeness (QED) is 0.495. The molecule has 4 aromatic rings. The van der Waals surface area contributed by atoms with Crippen LogP contribution in [0.25, 0.3) is 22.4 Å². The molecule has 0 amide bonds. The van der Waals surface area contributed by atoms with E-state index >= 15 is 0 Å². The summed E-state index contributed by atoms with van der Waals surface area (Å²) < 4.78 is 11.7. The van der Waals surface area contributed by atoms with Crippen molar-refractivity contribution >= 4 is 34.1 Å². The van der Waals surface area contributed by atoms with E-state index in [4.69, 9.17) is 26.1 Å². The van der Waals surface area contributed by atoms with Gasteiger partial charge in [-0.1, -0.05) is 23.7 Å². The Kier molecular flexibility index (Phi) is 4.81. The number of halogens is 1. The normalized spacial score (nSPS) is 15.8. The maximum Gasteiger partial charge on any atom is 0.154 e. The molecule has 0 aliphatic carbocycles. The Balaban J connectivity index is 1.64. The molecule has 5 rings (SSSR count). The molecule has 2 aromatic heterocycles. The summed E-state index contributed by atoms with van der Waals surface area (Å²) in [6.07, 6.45) is 1.88. The number of ether oxygens (including phenoxy) is 2. The minimum atomic E-state index is 0.0161. The van der Waals surface area contributed by atoms with E-state index < -0.39 is 0 Å². The topological polar surface area (TPSA) is 63.3 Å². The summed E-state index contributed by atoms with van der Waals surface area (Å²) in [5.41, 5.74) is 4.70. The largest absolute Gasteiger partial charge is 0.488 e. The first-order valence-electron chi connectivity index (χ1n) is 9.76. The molecule has 7 heteroatoms. The summed E-state index contributed by atoms with van der Waals surface area (Å²) >= 11 is 6.14. The Labute approximate surface area is 179 Å². The van der Waals surface area contributed by atoms with Crippen molar-refractivity contribution in [3.05, 3.63) is 65.3 Å². The van der Waals surface area contributed by atoms with Gasteiger partial charge < -0.3 is 19.4 Å². The van der Waals surface area contributed by atoms with Gasteiger partial charge in [-0.05, 0) is 48.9 Å². The van der Waals surface area contributed by atoms with Gasteiger partial charge in [-0.3, -0.25) is 0 Å². The zero-order valence-electron chi connectivity index (χ0n) is 16.7. The highest BCUT2D eigenvalue weighted by molar-refractivity contribution is 6.31. The van der Waals surface area contributed by atoms with E-state index in [2.05, 4.69) is 20.9 Å². The summed E-state index contributed by atoms with van der Waals surface area (Å²) in [5.74, 6) is 2.38. The minimum Gasteiger partial charge on any atom is -0.488 e. The lowest BCUT2D eigenvalue weighted by atomic mass is 10.1. The number of hydrogen-bond donors (Lipinski definition) is 1. The van der Waals surface area contributed by atoms with Gasteiger partial charge in [-0.25, -0.2) is 9.97 Å². The third kappa shape index (κ3) is 3.28. The number of benzene rings is 2. The van der Waals surface area contributed by atoms with E-state index in [1.807, 2.05) is 55.6 Å². The second-order valence-corrected chi connectivity index (χ2v) is 7.82. The fourth-order valence-electron chi connectivity index (χ4n) is 3.84. The average molecular weight is 421 g/mol.